The lowest BCUT2D eigenvalue weighted by Crippen LogP contribution is -2.09. The molecule has 0 aliphatic rings. The molecule has 110 valence electrons. The molecule has 0 aromatic heterocycles. The van der Waals surface area contributed by atoms with Crippen molar-refractivity contribution in [3.05, 3.63) is 66.0 Å². The zero-order chi connectivity index (χ0) is 15.3. The van der Waals surface area contributed by atoms with E-state index in [-0.39, 0.29) is 29.3 Å². The van der Waals surface area contributed by atoms with E-state index in [1.54, 1.807) is 18.2 Å². The fourth-order valence-corrected chi connectivity index (χ4v) is 3.28. The molecular formula is C16H15FO3S. The Morgan fingerprint density at radius 1 is 0.952 bits per heavy atom. The van der Waals surface area contributed by atoms with Crippen LogP contribution in [0.2, 0.25) is 0 Å². The molecule has 0 bridgehead atoms. The van der Waals surface area contributed by atoms with Gasteiger partial charge in [0.15, 0.2) is 15.6 Å². The van der Waals surface area contributed by atoms with Crippen LogP contribution in [-0.4, -0.2) is 20.0 Å². The minimum atomic E-state index is -3.36. The number of hydrogen-bond donors (Lipinski definition) is 0. The highest BCUT2D eigenvalue weighted by Gasteiger charge is 2.15. The number of carbonyl (C=O) groups is 1. The second-order valence-corrected chi connectivity index (χ2v) is 6.77. The molecule has 2 aromatic rings. The molecule has 21 heavy (non-hydrogen) atoms. The zero-order valence-electron chi connectivity index (χ0n) is 11.3. The molecule has 0 aliphatic heterocycles. The largest absolute Gasteiger partial charge is 0.294 e. The summed E-state index contributed by atoms with van der Waals surface area (Å²) in [6, 6.07) is 13.4. The van der Waals surface area contributed by atoms with Crippen molar-refractivity contribution in [1.82, 2.24) is 0 Å². The third-order valence-electron chi connectivity index (χ3n) is 3.09. The van der Waals surface area contributed by atoms with Gasteiger partial charge in [-0.1, -0.05) is 18.2 Å². The summed E-state index contributed by atoms with van der Waals surface area (Å²) in [5.74, 6) is -0.666. The minimum absolute atomic E-state index is 0.0794. The van der Waals surface area contributed by atoms with Crippen molar-refractivity contribution < 1.29 is 17.6 Å². The number of sulfone groups is 1. The van der Waals surface area contributed by atoms with Crippen LogP contribution < -0.4 is 0 Å². The van der Waals surface area contributed by atoms with E-state index >= 15 is 0 Å². The number of ketones is 1. The van der Waals surface area contributed by atoms with Crippen LogP contribution >= 0.6 is 0 Å². The van der Waals surface area contributed by atoms with Crippen molar-refractivity contribution in [1.29, 1.82) is 0 Å². The SMILES string of the molecule is O=C(CCCS(=O)(=O)c1ccccc1)c1ccc(F)cc1. The van der Waals surface area contributed by atoms with Gasteiger partial charge >= 0.3 is 0 Å². The average Bonchev–Trinajstić information content (AvgIpc) is 2.48. The van der Waals surface area contributed by atoms with E-state index in [4.69, 9.17) is 0 Å². The van der Waals surface area contributed by atoms with Gasteiger partial charge in [0.2, 0.25) is 0 Å². The highest BCUT2D eigenvalue weighted by atomic mass is 32.2. The van der Waals surface area contributed by atoms with Gasteiger partial charge in [-0.25, -0.2) is 12.8 Å². The Balaban J connectivity index is 1.92. The first kappa shape index (κ1) is 15.4. The van der Waals surface area contributed by atoms with Gasteiger partial charge in [0, 0.05) is 12.0 Å². The molecule has 0 N–H and O–H groups in total. The van der Waals surface area contributed by atoms with Crippen LogP contribution in [0.5, 0.6) is 0 Å². The van der Waals surface area contributed by atoms with Crippen molar-refractivity contribution in [3.63, 3.8) is 0 Å². The maximum absolute atomic E-state index is 12.8. The minimum Gasteiger partial charge on any atom is -0.294 e. The summed E-state index contributed by atoms with van der Waals surface area (Å²) < 4.78 is 36.8. The molecule has 0 atom stereocenters. The van der Waals surface area contributed by atoms with Gasteiger partial charge in [0.05, 0.1) is 10.6 Å². The van der Waals surface area contributed by atoms with Gasteiger partial charge in [0.1, 0.15) is 5.82 Å². The van der Waals surface area contributed by atoms with Gasteiger partial charge in [-0.05, 0) is 42.8 Å². The monoisotopic (exact) mass is 306 g/mol. The van der Waals surface area contributed by atoms with E-state index in [2.05, 4.69) is 0 Å². The topological polar surface area (TPSA) is 51.2 Å². The third-order valence-corrected chi connectivity index (χ3v) is 4.90. The molecule has 0 amide bonds. The summed E-state index contributed by atoms with van der Waals surface area (Å²) in [5, 5.41) is 0. The molecule has 2 aromatic carbocycles. The number of benzene rings is 2. The Morgan fingerprint density at radius 2 is 1.57 bits per heavy atom. The van der Waals surface area contributed by atoms with Crippen molar-refractivity contribution in [3.8, 4) is 0 Å². The van der Waals surface area contributed by atoms with Crippen LogP contribution in [0.3, 0.4) is 0 Å². The highest BCUT2D eigenvalue weighted by Crippen LogP contribution is 2.13. The van der Waals surface area contributed by atoms with Gasteiger partial charge in [0.25, 0.3) is 0 Å². The lowest BCUT2D eigenvalue weighted by Gasteiger charge is -2.04. The van der Waals surface area contributed by atoms with Gasteiger partial charge in [-0.15, -0.1) is 0 Å². The molecule has 0 unspecified atom stereocenters. The number of halogens is 1. The Bertz CT molecular complexity index is 707. The predicted molar refractivity (Wildman–Crippen MR) is 78.5 cm³/mol. The Hall–Kier alpha value is -2.01. The summed E-state index contributed by atoms with van der Waals surface area (Å²) in [7, 11) is -3.36. The van der Waals surface area contributed by atoms with Crippen LogP contribution in [0.25, 0.3) is 0 Å². The first-order valence-corrected chi connectivity index (χ1v) is 8.21. The van der Waals surface area contributed by atoms with Crippen molar-refractivity contribution >= 4 is 15.6 Å². The number of Topliss-reactive ketones (excluding diaryl/α,β-unsaturated/α-hetero) is 1. The predicted octanol–water partition coefficient (Wildman–Crippen LogP) is 3.26. The smallest absolute Gasteiger partial charge is 0.178 e. The molecule has 0 aliphatic carbocycles. The zero-order valence-corrected chi connectivity index (χ0v) is 12.1. The number of rotatable bonds is 6. The van der Waals surface area contributed by atoms with Gasteiger partial charge in [-0.3, -0.25) is 4.79 Å². The summed E-state index contributed by atoms with van der Waals surface area (Å²) in [6.45, 7) is 0. The standard InChI is InChI=1S/C16H15FO3S/c17-14-10-8-13(9-11-14)16(18)7-4-12-21(19,20)15-5-2-1-3-6-15/h1-3,5-6,8-11H,4,7,12H2. The second kappa shape index (κ2) is 6.63. The molecule has 2 rings (SSSR count). The molecule has 0 fully saturated rings. The van der Waals surface area contributed by atoms with E-state index in [0.717, 1.165) is 0 Å². The lowest BCUT2D eigenvalue weighted by atomic mass is 10.1. The highest BCUT2D eigenvalue weighted by molar-refractivity contribution is 7.91. The lowest BCUT2D eigenvalue weighted by molar-refractivity contribution is 0.0982. The van der Waals surface area contributed by atoms with E-state index < -0.39 is 15.7 Å². The maximum Gasteiger partial charge on any atom is 0.178 e. The van der Waals surface area contributed by atoms with Crippen LogP contribution in [-0.2, 0) is 9.84 Å². The van der Waals surface area contributed by atoms with Crippen LogP contribution in [0.1, 0.15) is 23.2 Å². The van der Waals surface area contributed by atoms with Crippen LogP contribution in [0.15, 0.2) is 59.5 Å². The first-order valence-electron chi connectivity index (χ1n) is 6.55. The second-order valence-electron chi connectivity index (χ2n) is 4.67. The summed E-state index contributed by atoms with van der Waals surface area (Å²) >= 11 is 0. The molecular weight excluding hydrogens is 291 g/mol. The average molecular weight is 306 g/mol. The third kappa shape index (κ3) is 4.23. The number of carbonyl (C=O) groups excluding carboxylic acids is 1. The van der Waals surface area contributed by atoms with E-state index in [0.29, 0.717) is 5.56 Å². The fourth-order valence-electron chi connectivity index (χ4n) is 1.95. The summed E-state index contributed by atoms with van der Waals surface area (Å²) in [4.78, 5) is 12.1. The molecule has 0 radical (unpaired) electrons. The van der Waals surface area contributed by atoms with Crippen LogP contribution in [0, 0.1) is 5.82 Å². The van der Waals surface area contributed by atoms with Crippen molar-refractivity contribution in [2.45, 2.75) is 17.7 Å². The Morgan fingerprint density at radius 3 is 2.19 bits per heavy atom. The molecule has 0 saturated heterocycles. The normalized spacial score (nSPS) is 11.3. The van der Waals surface area contributed by atoms with Crippen LogP contribution in [0.4, 0.5) is 4.39 Å². The molecule has 0 saturated carbocycles. The molecule has 0 spiro atoms. The molecule has 5 heteroatoms. The fraction of sp³-hybridized carbons (Fsp3) is 0.188. The van der Waals surface area contributed by atoms with Crippen molar-refractivity contribution in [2.75, 3.05) is 5.75 Å². The van der Waals surface area contributed by atoms with E-state index in [9.17, 15) is 17.6 Å². The first-order chi connectivity index (χ1) is 9.99. The summed E-state index contributed by atoms with van der Waals surface area (Å²) in [6.07, 6.45) is 0.366. The molecule has 3 nitrogen and oxygen atoms in total. The quantitative estimate of drug-likeness (QED) is 0.770. The van der Waals surface area contributed by atoms with E-state index in [1.165, 1.54) is 36.4 Å². The van der Waals surface area contributed by atoms with Gasteiger partial charge < -0.3 is 0 Å². The number of hydrogen-bond acceptors (Lipinski definition) is 3. The Labute approximate surface area is 123 Å². The van der Waals surface area contributed by atoms with Gasteiger partial charge in [-0.2, -0.15) is 0 Å². The molecule has 0 heterocycles. The Kier molecular flexibility index (Phi) is 4.85. The van der Waals surface area contributed by atoms with E-state index in [1.807, 2.05) is 0 Å². The maximum atomic E-state index is 12.8. The summed E-state index contributed by atoms with van der Waals surface area (Å²) in [5.41, 5.74) is 0.397. The van der Waals surface area contributed by atoms with Crippen molar-refractivity contribution in [2.24, 2.45) is 0 Å².